The molecule has 0 aromatic carbocycles. The number of halogens is 2. The first-order valence-corrected chi connectivity index (χ1v) is 3.86. The van der Waals surface area contributed by atoms with Crippen LogP contribution in [0, 0.1) is 0 Å². The molecule has 0 radical (unpaired) electrons. The molecule has 0 saturated heterocycles. The van der Waals surface area contributed by atoms with Crippen molar-refractivity contribution in [2.75, 3.05) is 0 Å². The van der Waals surface area contributed by atoms with Crippen molar-refractivity contribution in [3.05, 3.63) is 11.1 Å². The minimum absolute atomic E-state index is 0.0176. The number of allylic oxidation sites excluding steroid dienone is 1. The van der Waals surface area contributed by atoms with Crippen LogP contribution in [0.15, 0.2) is 16.1 Å². The molecule has 0 N–H and O–H groups in total. The number of rotatable bonds is 0. The van der Waals surface area contributed by atoms with Crippen LogP contribution in [0.5, 0.6) is 0 Å². The van der Waals surface area contributed by atoms with Gasteiger partial charge in [-0.2, -0.15) is 0 Å². The topological polar surface area (TPSA) is 46.5 Å². The molecule has 5 heteroatoms. The van der Waals surface area contributed by atoms with E-state index in [9.17, 15) is 9.59 Å². The van der Waals surface area contributed by atoms with Gasteiger partial charge in [0.15, 0.2) is 5.50 Å². The summed E-state index contributed by atoms with van der Waals surface area (Å²) in [5.74, 6) is 3.19. The van der Waals surface area contributed by atoms with E-state index in [1.807, 2.05) is 0 Å². The molecule has 0 aliphatic carbocycles. The van der Waals surface area contributed by atoms with Gasteiger partial charge in [0, 0.05) is 6.42 Å². The van der Waals surface area contributed by atoms with Gasteiger partial charge in [-0.15, -0.1) is 0 Å². The molecule has 0 fully saturated rings. The molecule has 1 rings (SSSR count). The third kappa shape index (κ3) is 1.66. The van der Waals surface area contributed by atoms with Crippen molar-refractivity contribution in [3.63, 3.8) is 0 Å². The van der Waals surface area contributed by atoms with Crippen LogP contribution in [0.25, 0.3) is 0 Å². The summed E-state index contributed by atoms with van der Waals surface area (Å²) < 4.78 is 0. The minimum Gasteiger partial charge on any atom is -0.247 e. The Morgan fingerprint density at radius 2 is 2.08 bits per heavy atom. The van der Waals surface area contributed by atoms with E-state index < -0.39 is 5.50 Å². The Hall–Kier alpha value is -0.850. The highest BCUT2D eigenvalue weighted by Crippen LogP contribution is 2.24. The zero-order valence-corrected chi connectivity index (χ0v) is 7.32. The molecule has 0 bridgehead atoms. The molecule has 1 aliphatic heterocycles. The van der Waals surface area contributed by atoms with Crippen molar-refractivity contribution in [2.24, 2.45) is 4.99 Å². The van der Waals surface area contributed by atoms with Gasteiger partial charge in [-0.3, -0.25) is 0 Å². The summed E-state index contributed by atoms with van der Waals surface area (Å²) in [5, 5.41) is 0.0176. The third-order valence-corrected chi connectivity index (χ3v) is 2.07. The van der Waals surface area contributed by atoms with Gasteiger partial charge in [-0.1, -0.05) is 23.2 Å². The molecule has 1 aliphatic rings. The fraction of sp³-hybridized carbons (Fsp3) is 0.286. The van der Waals surface area contributed by atoms with E-state index in [0.29, 0.717) is 0 Å². The first kappa shape index (κ1) is 9.24. The SMILES string of the molecule is O=C=C1CC(=C=O)C(Cl)N=C1Cl. The monoisotopic (exact) mass is 203 g/mol. The van der Waals surface area contributed by atoms with E-state index in [2.05, 4.69) is 4.99 Å². The van der Waals surface area contributed by atoms with Crippen LogP contribution in [0.1, 0.15) is 6.42 Å². The standard InChI is InChI=1S/C7H3Cl2NO2/c8-6-4(2-11)1-5(3-12)7(9)10-6/h6H,1H2. The van der Waals surface area contributed by atoms with Crippen LogP contribution in [-0.2, 0) is 9.59 Å². The minimum atomic E-state index is -0.799. The molecular formula is C7H3Cl2NO2. The van der Waals surface area contributed by atoms with E-state index in [0.717, 1.165) is 0 Å². The lowest BCUT2D eigenvalue weighted by Crippen LogP contribution is -2.13. The van der Waals surface area contributed by atoms with Crippen molar-refractivity contribution >= 4 is 40.3 Å². The first-order valence-electron chi connectivity index (χ1n) is 3.04. The Morgan fingerprint density at radius 1 is 1.42 bits per heavy atom. The van der Waals surface area contributed by atoms with Gasteiger partial charge >= 0.3 is 0 Å². The molecule has 1 atom stereocenters. The Balaban J connectivity index is 3.15. The Labute approximate surface area is 78.4 Å². The van der Waals surface area contributed by atoms with Crippen LogP contribution in [-0.4, -0.2) is 22.6 Å². The van der Waals surface area contributed by atoms with E-state index >= 15 is 0 Å². The van der Waals surface area contributed by atoms with Crippen LogP contribution in [0.2, 0.25) is 0 Å². The summed E-state index contributed by atoms with van der Waals surface area (Å²) in [4.78, 5) is 24.1. The van der Waals surface area contributed by atoms with Crippen molar-refractivity contribution in [3.8, 4) is 0 Å². The first-order chi connectivity index (χ1) is 5.69. The molecule has 1 unspecified atom stereocenters. The fourth-order valence-corrected chi connectivity index (χ4v) is 1.24. The van der Waals surface area contributed by atoms with Gasteiger partial charge in [0.2, 0.25) is 0 Å². The molecule has 62 valence electrons. The fourth-order valence-electron chi connectivity index (χ4n) is 0.766. The highest BCUT2D eigenvalue weighted by Gasteiger charge is 2.22. The smallest absolute Gasteiger partial charge is 0.157 e. The predicted octanol–water partition coefficient (Wildman–Crippen LogP) is 1.11. The van der Waals surface area contributed by atoms with Crippen LogP contribution >= 0.6 is 23.2 Å². The average Bonchev–Trinajstić information content (AvgIpc) is 2.05. The molecule has 0 saturated carbocycles. The molecule has 0 aromatic rings. The maximum absolute atomic E-state index is 10.2. The van der Waals surface area contributed by atoms with Gasteiger partial charge in [-0.25, -0.2) is 14.6 Å². The number of alkyl halides is 1. The summed E-state index contributed by atoms with van der Waals surface area (Å²) in [5.41, 5.74) is -0.446. The van der Waals surface area contributed by atoms with Crippen molar-refractivity contribution < 1.29 is 9.59 Å². The number of hydrogen-bond donors (Lipinski definition) is 0. The number of nitrogens with zero attached hydrogens (tertiary/aromatic N) is 1. The molecular weight excluding hydrogens is 201 g/mol. The Bertz CT molecular complexity index is 335. The predicted molar refractivity (Wildman–Crippen MR) is 46.0 cm³/mol. The Kier molecular flexibility index (Phi) is 2.85. The van der Waals surface area contributed by atoms with E-state index in [1.54, 1.807) is 11.9 Å². The average molecular weight is 204 g/mol. The number of carbonyl (C=O) groups excluding carboxylic acids is 2. The van der Waals surface area contributed by atoms with E-state index in [4.69, 9.17) is 23.2 Å². The molecule has 3 nitrogen and oxygen atoms in total. The maximum Gasteiger partial charge on any atom is 0.157 e. The maximum atomic E-state index is 10.2. The van der Waals surface area contributed by atoms with Gasteiger partial charge < -0.3 is 0 Å². The molecule has 1 heterocycles. The molecule has 0 aromatic heterocycles. The summed E-state index contributed by atoms with van der Waals surface area (Å²) in [6, 6.07) is 0. The second-order valence-electron chi connectivity index (χ2n) is 2.14. The Morgan fingerprint density at radius 3 is 2.58 bits per heavy atom. The molecule has 12 heavy (non-hydrogen) atoms. The van der Waals surface area contributed by atoms with Crippen LogP contribution < -0.4 is 0 Å². The lowest BCUT2D eigenvalue weighted by molar-refractivity contribution is 0.564. The summed E-state index contributed by atoms with van der Waals surface area (Å²) >= 11 is 11.1. The second kappa shape index (κ2) is 3.70. The largest absolute Gasteiger partial charge is 0.247 e. The van der Waals surface area contributed by atoms with Crippen molar-refractivity contribution in [2.45, 2.75) is 11.9 Å². The van der Waals surface area contributed by atoms with Gasteiger partial charge in [0.25, 0.3) is 0 Å². The second-order valence-corrected chi connectivity index (χ2v) is 2.91. The van der Waals surface area contributed by atoms with Crippen LogP contribution in [0.3, 0.4) is 0 Å². The normalized spacial score (nSPS) is 22.8. The van der Waals surface area contributed by atoms with Crippen LogP contribution in [0.4, 0.5) is 0 Å². The number of hydrogen-bond acceptors (Lipinski definition) is 3. The van der Waals surface area contributed by atoms with Gasteiger partial charge in [-0.05, 0) is 0 Å². The highest BCUT2D eigenvalue weighted by atomic mass is 35.5. The number of aliphatic imine (C=N–C) groups is 1. The zero-order chi connectivity index (χ0) is 9.14. The van der Waals surface area contributed by atoms with Crippen molar-refractivity contribution in [1.82, 2.24) is 0 Å². The molecule has 0 spiro atoms. The summed E-state index contributed by atoms with van der Waals surface area (Å²) in [6.07, 6.45) is 0.0868. The molecule has 0 amide bonds. The lowest BCUT2D eigenvalue weighted by atomic mass is 10.1. The van der Waals surface area contributed by atoms with E-state index in [-0.39, 0.29) is 22.7 Å². The van der Waals surface area contributed by atoms with E-state index in [1.165, 1.54) is 0 Å². The highest BCUT2D eigenvalue weighted by molar-refractivity contribution is 6.70. The summed E-state index contributed by atoms with van der Waals surface area (Å²) in [7, 11) is 0. The quantitative estimate of drug-likeness (QED) is 0.337. The summed E-state index contributed by atoms with van der Waals surface area (Å²) in [6.45, 7) is 0. The van der Waals surface area contributed by atoms with Gasteiger partial charge in [0.05, 0.1) is 11.1 Å². The van der Waals surface area contributed by atoms with Crippen molar-refractivity contribution in [1.29, 1.82) is 0 Å². The lowest BCUT2D eigenvalue weighted by Gasteiger charge is -2.12. The third-order valence-electron chi connectivity index (χ3n) is 1.38. The van der Waals surface area contributed by atoms with Gasteiger partial charge in [0.1, 0.15) is 17.1 Å². The zero-order valence-electron chi connectivity index (χ0n) is 5.80.